The van der Waals surface area contributed by atoms with E-state index in [4.69, 9.17) is 0 Å². The molecule has 1 saturated heterocycles. The Morgan fingerprint density at radius 2 is 1.58 bits per heavy atom. The fraction of sp³-hybridized carbons (Fsp3) is 0.192. The summed E-state index contributed by atoms with van der Waals surface area (Å²) in [7, 11) is 0. The number of hydrogen-bond acceptors (Lipinski definition) is 4. The number of amides is 1. The second kappa shape index (κ2) is 7.84. The molecule has 156 valence electrons. The van der Waals surface area contributed by atoms with E-state index in [1.807, 2.05) is 70.2 Å². The summed E-state index contributed by atoms with van der Waals surface area (Å²) in [6, 6.07) is 16.0. The molecule has 5 nitrogen and oxygen atoms in total. The summed E-state index contributed by atoms with van der Waals surface area (Å²) in [5.41, 5.74) is 5.36. The van der Waals surface area contributed by atoms with E-state index >= 15 is 0 Å². The van der Waals surface area contributed by atoms with Crippen molar-refractivity contribution in [3.63, 3.8) is 0 Å². The molecule has 2 heterocycles. The van der Waals surface area contributed by atoms with Crippen LogP contribution in [-0.4, -0.2) is 21.8 Å². The molecule has 1 unspecified atom stereocenters. The SMILES string of the molecule is Cc1ccc(C)c(/C(O)=C2\C(=O)C(=O)N(c3cc(C)ccc3C)C2c2ccccn2)c1. The van der Waals surface area contributed by atoms with Gasteiger partial charge in [-0.3, -0.25) is 19.5 Å². The second-order valence-corrected chi connectivity index (χ2v) is 8.03. The maximum Gasteiger partial charge on any atom is 0.300 e. The molecule has 1 fully saturated rings. The molecule has 4 rings (SSSR count). The first kappa shape index (κ1) is 20.5. The Balaban J connectivity index is 2.01. The van der Waals surface area contributed by atoms with Gasteiger partial charge in [0.1, 0.15) is 11.8 Å². The van der Waals surface area contributed by atoms with Gasteiger partial charge in [0, 0.05) is 17.4 Å². The van der Waals surface area contributed by atoms with Gasteiger partial charge in [-0.25, -0.2) is 0 Å². The molecule has 1 aliphatic rings. The minimum atomic E-state index is -0.818. The second-order valence-electron chi connectivity index (χ2n) is 8.03. The van der Waals surface area contributed by atoms with E-state index in [1.165, 1.54) is 4.90 Å². The number of pyridine rings is 1. The van der Waals surface area contributed by atoms with E-state index in [1.54, 1.807) is 18.3 Å². The maximum atomic E-state index is 13.3. The number of aromatic nitrogens is 1. The predicted molar refractivity (Wildman–Crippen MR) is 121 cm³/mol. The Bertz CT molecular complexity index is 1230. The number of ketones is 1. The molecule has 1 atom stereocenters. The van der Waals surface area contributed by atoms with Crippen molar-refractivity contribution in [2.75, 3.05) is 4.90 Å². The summed E-state index contributed by atoms with van der Waals surface area (Å²) in [5, 5.41) is 11.3. The van der Waals surface area contributed by atoms with Gasteiger partial charge in [0.05, 0.1) is 11.3 Å². The van der Waals surface area contributed by atoms with Crippen molar-refractivity contribution < 1.29 is 14.7 Å². The fourth-order valence-electron chi connectivity index (χ4n) is 4.01. The highest BCUT2D eigenvalue weighted by Crippen LogP contribution is 2.43. The van der Waals surface area contributed by atoms with Gasteiger partial charge in [-0.1, -0.05) is 35.9 Å². The normalized spacial score (nSPS) is 17.9. The molecule has 0 radical (unpaired) electrons. The van der Waals surface area contributed by atoms with E-state index in [0.717, 1.165) is 22.3 Å². The first-order chi connectivity index (χ1) is 14.8. The summed E-state index contributed by atoms with van der Waals surface area (Å²) in [6.45, 7) is 7.62. The molecule has 1 aromatic heterocycles. The van der Waals surface area contributed by atoms with Crippen molar-refractivity contribution in [2.24, 2.45) is 0 Å². The van der Waals surface area contributed by atoms with E-state index < -0.39 is 17.7 Å². The highest BCUT2D eigenvalue weighted by molar-refractivity contribution is 6.51. The number of aliphatic hydroxyl groups is 1. The topological polar surface area (TPSA) is 70.5 Å². The quantitative estimate of drug-likeness (QED) is 0.376. The molecule has 0 aliphatic carbocycles. The summed E-state index contributed by atoms with van der Waals surface area (Å²) < 4.78 is 0. The molecule has 3 aromatic rings. The number of rotatable bonds is 3. The van der Waals surface area contributed by atoms with E-state index in [-0.39, 0.29) is 11.3 Å². The number of hydrogen-bond donors (Lipinski definition) is 1. The number of carbonyl (C=O) groups excluding carboxylic acids is 2. The monoisotopic (exact) mass is 412 g/mol. The summed E-state index contributed by atoms with van der Waals surface area (Å²) in [6.07, 6.45) is 1.62. The predicted octanol–water partition coefficient (Wildman–Crippen LogP) is 4.94. The number of nitrogens with zero attached hydrogens (tertiary/aromatic N) is 2. The highest BCUT2D eigenvalue weighted by Gasteiger charge is 2.48. The Kier molecular flexibility index (Phi) is 5.19. The molecule has 5 heteroatoms. The van der Waals surface area contributed by atoms with Crippen LogP contribution in [0.3, 0.4) is 0 Å². The molecular formula is C26H24N2O3. The van der Waals surface area contributed by atoms with Crippen molar-refractivity contribution >= 4 is 23.1 Å². The van der Waals surface area contributed by atoms with Crippen molar-refractivity contribution in [3.05, 3.63) is 99.9 Å². The lowest BCUT2D eigenvalue weighted by molar-refractivity contribution is -0.132. The van der Waals surface area contributed by atoms with Gasteiger partial charge < -0.3 is 5.11 Å². The highest BCUT2D eigenvalue weighted by atomic mass is 16.3. The van der Waals surface area contributed by atoms with Crippen LogP contribution in [0.15, 0.2) is 66.4 Å². The molecule has 0 spiro atoms. The number of aliphatic hydroxyl groups excluding tert-OH is 1. The zero-order chi connectivity index (χ0) is 22.3. The van der Waals surface area contributed by atoms with Crippen LogP contribution >= 0.6 is 0 Å². The van der Waals surface area contributed by atoms with Crippen LogP contribution in [0.2, 0.25) is 0 Å². The van der Waals surface area contributed by atoms with Gasteiger partial charge in [-0.2, -0.15) is 0 Å². The van der Waals surface area contributed by atoms with E-state index in [2.05, 4.69) is 4.98 Å². The molecule has 0 saturated carbocycles. The lowest BCUT2D eigenvalue weighted by Crippen LogP contribution is -2.30. The van der Waals surface area contributed by atoms with E-state index in [0.29, 0.717) is 16.9 Å². The summed E-state index contributed by atoms with van der Waals surface area (Å²) in [4.78, 5) is 32.4. The minimum Gasteiger partial charge on any atom is -0.507 e. The maximum absolute atomic E-state index is 13.3. The summed E-state index contributed by atoms with van der Waals surface area (Å²) >= 11 is 0. The van der Waals surface area contributed by atoms with Crippen LogP contribution in [0.1, 0.15) is 39.6 Å². The minimum absolute atomic E-state index is 0.0540. The Morgan fingerprint density at radius 1 is 0.903 bits per heavy atom. The Morgan fingerprint density at radius 3 is 2.26 bits per heavy atom. The fourth-order valence-corrected chi connectivity index (χ4v) is 4.01. The van der Waals surface area contributed by atoms with Crippen LogP contribution in [0.25, 0.3) is 5.76 Å². The molecule has 2 aromatic carbocycles. The first-order valence-corrected chi connectivity index (χ1v) is 10.2. The third kappa shape index (κ3) is 3.52. The summed E-state index contributed by atoms with van der Waals surface area (Å²) in [5.74, 6) is -1.56. The number of aryl methyl sites for hydroxylation is 4. The molecule has 1 N–H and O–H groups in total. The third-order valence-corrected chi connectivity index (χ3v) is 5.68. The number of carbonyl (C=O) groups is 2. The van der Waals surface area contributed by atoms with Crippen molar-refractivity contribution in [3.8, 4) is 0 Å². The number of Topliss-reactive ketones (excluding diaryl/α,β-unsaturated/α-hetero) is 1. The lowest BCUT2D eigenvalue weighted by atomic mass is 9.95. The van der Waals surface area contributed by atoms with Gasteiger partial charge in [0.25, 0.3) is 11.7 Å². The van der Waals surface area contributed by atoms with Crippen LogP contribution in [-0.2, 0) is 9.59 Å². The van der Waals surface area contributed by atoms with Crippen molar-refractivity contribution in [2.45, 2.75) is 33.7 Å². The molecule has 31 heavy (non-hydrogen) atoms. The van der Waals surface area contributed by atoms with Gasteiger partial charge in [0.2, 0.25) is 0 Å². The van der Waals surface area contributed by atoms with Gasteiger partial charge in [-0.05, 0) is 68.7 Å². The average molecular weight is 412 g/mol. The number of benzene rings is 2. The van der Waals surface area contributed by atoms with Gasteiger partial charge >= 0.3 is 0 Å². The molecule has 1 amide bonds. The molecule has 0 bridgehead atoms. The van der Waals surface area contributed by atoms with Crippen molar-refractivity contribution in [1.29, 1.82) is 0 Å². The smallest absolute Gasteiger partial charge is 0.300 e. The van der Waals surface area contributed by atoms with E-state index in [9.17, 15) is 14.7 Å². The lowest BCUT2D eigenvalue weighted by Gasteiger charge is -2.26. The molecular weight excluding hydrogens is 388 g/mol. The van der Waals surface area contributed by atoms with Crippen LogP contribution in [0, 0.1) is 27.7 Å². The van der Waals surface area contributed by atoms with Crippen LogP contribution in [0.5, 0.6) is 0 Å². The van der Waals surface area contributed by atoms with Crippen molar-refractivity contribution in [1.82, 2.24) is 4.98 Å². The molecule has 1 aliphatic heterocycles. The number of anilines is 1. The Labute approximate surface area is 181 Å². The van der Waals surface area contributed by atoms with Gasteiger partial charge in [0.15, 0.2) is 0 Å². The zero-order valence-corrected chi connectivity index (χ0v) is 18.0. The third-order valence-electron chi connectivity index (χ3n) is 5.68. The first-order valence-electron chi connectivity index (χ1n) is 10.2. The van der Waals surface area contributed by atoms with Crippen LogP contribution < -0.4 is 4.90 Å². The Hall–Kier alpha value is -3.73. The van der Waals surface area contributed by atoms with Gasteiger partial charge in [-0.15, -0.1) is 0 Å². The zero-order valence-electron chi connectivity index (χ0n) is 18.0. The van der Waals surface area contributed by atoms with Crippen LogP contribution in [0.4, 0.5) is 5.69 Å². The largest absolute Gasteiger partial charge is 0.507 e. The average Bonchev–Trinajstić information content (AvgIpc) is 3.02. The standard InChI is InChI=1S/C26H24N2O3/c1-15-8-10-17(3)19(13-15)24(29)22-23(20-7-5-6-12-27-20)28(26(31)25(22)30)21-14-16(2)9-11-18(21)4/h5-14,23,29H,1-4H3/b24-22+.